The molecule has 1 fully saturated rings. The molecule has 1 atom stereocenters. The molecule has 2 heterocycles. The minimum Gasteiger partial charge on any atom is -0.388 e. The van der Waals surface area contributed by atoms with Crippen molar-refractivity contribution in [1.29, 1.82) is 0 Å². The van der Waals surface area contributed by atoms with Crippen molar-refractivity contribution < 1.29 is 5.11 Å². The lowest BCUT2D eigenvalue weighted by Crippen LogP contribution is -2.44. The van der Waals surface area contributed by atoms with Gasteiger partial charge < -0.3 is 15.7 Å². The lowest BCUT2D eigenvalue weighted by atomic mass is 10.1. The first-order valence-corrected chi connectivity index (χ1v) is 7.20. The van der Waals surface area contributed by atoms with Crippen LogP contribution in [-0.4, -0.2) is 32.9 Å². The Morgan fingerprint density at radius 2 is 2.00 bits per heavy atom. The summed E-state index contributed by atoms with van der Waals surface area (Å²) in [7, 11) is 1.46. The fraction of sp³-hybridized carbons (Fsp3) is 0.714. The summed E-state index contributed by atoms with van der Waals surface area (Å²) in [6.07, 6.45) is 0.568. The minimum atomic E-state index is -0.837. The third-order valence-corrected chi connectivity index (χ3v) is 3.87. The largest absolute Gasteiger partial charge is 0.388 e. The Kier molecular flexibility index (Phi) is 3.88. The second-order valence-corrected chi connectivity index (χ2v) is 6.55. The zero-order chi connectivity index (χ0) is 15.9. The zero-order valence-corrected chi connectivity index (χ0v) is 13.1. The van der Waals surface area contributed by atoms with Crippen LogP contribution in [0.15, 0.2) is 9.59 Å². The molecule has 0 spiro atoms. The summed E-state index contributed by atoms with van der Waals surface area (Å²) in [5.74, 6) is 0.423. The average Bonchev–Trinajstić information content (AvgIpc) is 2.72. The van der Waals surface area contributed by atoms with Crippen LogP contribution >= 0.6 is 0 Å². The molecule has 0 radical (unpaired) electrons. The molecule has 0 amide bonds. The van der Waals surface area contributed by atoms with Gasteiger partial charge >= 0.3 is 5.69 Å². The van der Waals surface area contributed by atoms with Crippen molar-refractivity contribution in [3.63, 3.8) is 0 Å². The summed E-state index contributed by atoms with van der Waals surface area (Å²) in [6, 6.07) is 0. The van der Waals surface area contributed by atoms with E-state index >= 15 is 0 Å². The number of aliphatic hydroxyl groups is 1. The van der Waals surface area contributed by atoms with Crippen molar-refractivity contribution >= 4 is 11.5 Å². The molecule has 21 heavy (non-hydrogen) atoms. The van der Waals surface area contributed by atoms with E-state index < -0.39 is 16.9 Å². The standard InChI is InChI=1S/C14H24N4O3/c1-9(2)7-18-11(15)10(12(19)16(4)13(18)20)17-6-5-14(3,21)8-17/h9,21H,5-8,15H2,1-4H3. The molecule has 1 unspecified atom stereocenters. The van der Waals surface area contributed by atoms with Gasteiger partial charge in [0.25, 0.3) is 5.56 Å². The first kappa shape index (κ1) is 15.6. The van der Waals surface area contributed by atoms with Crippen LogP contribution in [0.4, 0.5) is 11.5 Å². The third kappa shape index (κ3) is 2.83. The number of anilines is 2. The van der Waals surface area contributed by atoms with Gasteiger partial charge in [0.1, 0.15) is 11.5 Å². The normalized spacial score (nSPS) is 22.3. The molecule has 3 N–H and O–H groups in total. The molecule has 118 valence electrons. The van der Waals surface area contributed by atoms with Crippen LogP contribution in [0.25, 0.3) is 0 Å². The van der Waals surface area contributed by atoms with Gasteiger partial charge in [0.05, 0.1) is 5.60 Å². The molecule has 1 aliphatic heterocycles. The number of nitrogens with zero attached hydrogens (tertiary/aromatic N) is 3. The Labute approximate surface area is 123 Å². The Morgan fingerprint density at radius 3 is 2.48 bits per heavy atom. The van der Waals surface area contributed by atoms with Crippen molar-refractivity contribution in [3.05, 3.63) is 20.8 Å². The highest BCUT2D eigenvalue weighted by Crippen LogP contribution is 2.27. The summed E-state index contributed by atoms with van der Waals surface area (Å²) >= 11 is 0. The molecular weight excluding hydrogens is 272 g/mol. The second-order valence-electron chi connectivity index (χ2n) is 6.55. The predicted molar refractivity (Wildman–Crippen MR) is 82.6 cm³/mol. The highest BCUT2D eigenvalue weighted by atomic mass is 16.3. The van der Waals surface area contributed by atoms with Gasteiger partial charge in [-0.25, -0.2) is 4.79 Å². The van der Waals surface area contributed by atoms with Crippen LogP contribution in [0.2, 0.25) is 0 Å². The molecule has 1 aliphatic rings. The molecule has 0 saturated carbocycles. The Hall–Kier alpha value is -1.76. The summed E-state index contributed by atoms with van der Waals surface area (Å²) in [6.45, 7) is 7.04. The lowest BCUT2D eigenvalue weighted by Gasteiger charge is -2.24. The quantitative estimate of drug-likeness (QED) is 0.802. The number of hydrogen-bond acceptors (Lipinski definition) is 5. The Morgan fingerprint density at radius 1 is 1.38 bits per heavy atom. The third-order valence-electron chi connectivity index (χ3n) is 3.87. The van der Waals surface area contributed by atoms with E-state index in [9.17, 15) is 14.7 Å². The van der Waals surface area contributed by atoms with E-state index in [1.807, 2.05) is 13.8 Å². The van der Waals surface area contributed by atoms with Gasteiger partial charge in [-0.15, -0.1) is 0 Å². The molecule has 2 rings (SSSR count). The van der Waals surface area contributed by atoms with E-state index in [0.29, 0.717) is 31.7 Å². The Bertz CT molecular complexity index is 657. The molecule has 0 bridgehead atoms. The molecule has 7 nitrogen and oxygen atoms in total. The molecule has 1 saturated heterocycles. The lowest BCUT2D eigenvalue weighted by molar-refractivity contribution is 0.0839. The van der Waals surface area contributed by atoms with Crippen LogP contribution in [0.3, 0.4) is 0 Å². The van der Waals surface area contributed by atoms with Crippen LogP contribution in [-0.2, 0) is 13.6 Å². The van der Waals surface area contributed by atoms with E-state index in [-0.39, 0.29) is 11.7 Å². The molecule has 1 aromatic rings. The summed E-state index contributed by atoms with van der Waals surface area (Å²) in [5, 5.41) is 10.1. The number of nitrogens with two attached hydrogens (primary N) is 1. The maximum absolute atomic E-state index is 12.4. The Balaban J connectivity index is 2.59. The van der Waals surface area contributed by atoms with Gasteiger partial charge in [0, 0.05) is 26.7 Å². The van der Waals surface area contributed by atoms with E-state index in [4.69, 9.17) is 5.73 Å². The van der Waals surface area contributed by atoms with Crippen LogP contribution in [0.5, 0.6) is 0 Å². The average molecular weight is 296 g/mol. The summed E-state index contributed by atoms with van der Waals surface area (Å²) in [4.78, 5) is 26.4. The van der Waals surface area contributed by atoms with E-state index in [1.54, 1.807) is 11.8 Å². The van der Waals surface area contributed by atoms with E-state index in [2.05, 4.69) is 0 Å². The van der Waals surface area contributed by atoms with Crippen molar-refractivity contribution in [2.24, 2.45) is 13.0 Å². The second kappa shape index (κ2) is 5.22. The van der Waals surface area contributed by atoms with Gasteiger partial charge in [0.15, 0.2) is 0 Å². The summed E-state index contributed by atoms with van der Waals surface area (Å²) < 4.78 is 2.52. The molecule has 7 heteroatoms. The fourth-order valence-electron chi connectivity index (χ4n) is 2.74. The number of rotatable bonds is 3. The predicted octanol–water partition coefficient (Wildman–Crippen LogP) is -0.254. The SMILES string of the molecule is CC(C)Cn1c(N)c(N2CCC(C)(O)C2)c(=O)n(C)c1=O. The monoisotopic (exact) mass is 296 g/mol. The van der Waals surface area contributed by atoms with Gasteiger partial charge in [-0.05, 0) is 19.3 Å². The van der Waals surface area contributed by atoms with Crippen molar-refractivity contribution in [2.45, 2.75) is 39.3 Å². The molecule has 0 aliphatic carbocycles. The summed E-state index contributed by atoms with van der Waals surface area (Å²) in [5.41, 5.74) is 4.77. The minimum absolute atomic E-state index is 0.189. The number of hydrogen-bond donors (Lipinski definition) is 2. The van der Waals surface area contributed by atoms with Gasteiger partial charge in [0.2, 0.25) is 0 Å². The maximum atomic E-state index is 12.4. The highest BCUT2D eigenvalue weighted by molar-refractivity contribution is 5.63. The number of β-amino-alcohol motifs (C(OH)–C–C–N with tert-alkyl or cyclic N) is 1. The first-order valence-electron chi connectivity index (χ1n) is 7.20. The van der Waals surface area contributed by atoms with Crippen LogP contribution in [0.1, 0.15) is 27.2 Å². The van der Waals surface area contributed by atoms with Crippen LogP contribution < -0.4 is 21.9 Å². The molecule has 0 aromatic carbocycles. The number of nitrogen functional groups attached to an aromatic ring is 1. The molecule has 1 aromatic heterocycles. The van der Waals surface area contributed by atoms with Crippen molar-refractivity contribution in [2.75, 3.05) is 23.7 Å². The van der Waals surface area contributed by atoms with Gasteiger partial charge in [-0.2, -0.15) is 0 Å². The maximum Gasteiger partial charge on any atom is 0.332 e. The number of aromatic nitrogens is 2. The topological polar surface area (TPSA) is 93.5 Å². The van der Waals surface area contributed by atoms with Crippen molar-refractivity contribution in [1.82, 2.24) is 9.13 Å². The highest BCUT2D eigenvalue weighted by Gasteiger charge is 2.34. The smallest absolute Gasteiger partial charge is 0.332 e. The van der Waals surface area contributed by atoms with Crippen molar-refractivity contribution in [3.8, 4) is 0 Å². The van der Waals surface area contributed by atoms with E-state index in [1.165, 1.54) is 11.6 Å². The van der Waals surface area contributed by atoms with Gasteiger partial charge in [-0.3, -0.25) is 13.9 Å². The molecular formula is C14H24N4O3. The first-order chi connectivity index (χ1) is 9.64. The fourth-order valence-corrected chi connectivity index (χ4v) is 2.74. The van der Waals surface area contributed by atoms with Crippen LogP contribution in [0, 0.1) is 5.92 Å². The van der Waals surface area contributed by atoms with Gasteiger partial charge in [-0.1, -0.05) is 13.8 Å². The zero-order valence-electron chi connectivity index (χ0n) is 13.1. The van der Waals surface area contributed by atoms with E-state index in [0.717, 1.165) is 4.57 Å².